The lowest BCUT2D eigenvalue weighted by molar-refractivity contribution is -0.141. The van der Waals surface area contributed by atoms with Gasteiger partial charge < -0.3 is 15.7 Å². The summed E-state index contributed by atoms with van der Waals surface area (Å²) in [5.74, 6) is 0.902. The number of urea groups is 1. The minimum absolute atomic E-state index is 0.117. The van der Waals surface area contributed by atoms with Crippen LogP contribution >= 0.6 is 0 Å². The molecule has 90 valence electrons. The second-order valence-corrected chi connectivity index (χ2v) is 3.57. The molecule has 0 aromatic heterocycles. The molecule has 2 unspecified atom stereocenters. The average Bonchev–Trinajstić information content (AvgIpc) is 2.23. The number of rotatable bonds is 6. The van der Waals surface area contributed by atoms with Crippen LogP contribution in [0.15, 0.2) is 0 Å². The predicted octanol–water partition coefficient (Wildman–Crippen LogP) is 0.808. The summed E-state index contributed by atoms with van der Waals surface area (Å²) < 4.78 is 0. The highest BCUT2D eigenvalue weighted by Gasteiger charge is 2.17. The van der Waals surface area contributed by atoms with Gasteiger partial charge in [-0.25, -0.2) is 4.79 Å². The summed E-state index contributed by atoms with van der Waals surface area (Å²) in [6.45, 7) is 3.68. The quantitative estimate of drug-likeness (QED) is 0.586. The molecule has 16 heavy (non-hydrogen) atoms. The lowest BCUT2D eigenvalue weighted by atomic mass is 10.0. The van der Waals surface area contributed by atoms with Crippen LogP contribution in [0, 0.1) is 18.3 Å². The van der Waals surface area contributed by atoms with Crippen molar-refractivity contribution in [1.29, 1.82) is 0 Å². The van der Waals surface area contributed by atoms with Gasteiger partial charge in [0, 0.05) is 6.54 Å². The maximum absolute atomic E-state index is 11.2. The predicted molar refractivity (Wildman–Crippen MR) is 60.9 cm³/mol. The number of carboxylic acid groups (broad SMARTS) is 1. The van der Waals surface area contributed by atoms with E-state index in [0.29, 0.717) is 6.42 Å². The van der Waals surface area contributed by atoms with Crippen LogP contribution in [-0.2, 0) is 4.79 Å². The van der Waals surface area contributed by atoms with Crippen LogP contribution in [0.1, 0.15) is 26.7 Å². The minimum Gasteiger partial charge on any atom is -0.481 e. The Morgan fingerprint density at radius 3 is 2.56 bits per heavy atom. The van der Waals surface area contributed by atoms with Gasteiger partial charge in [0.2, 0.25) is 0 Å². The van der Waals surface area contributed by atoms with Crippen LogP contribution in [-0.4, -0.2) is 29.7 Å². The molecule has 0 spiro atoms. The summed E-state index contributed by atoms with van der Waals surface area (Å²) in [4.78, 5) is 22.0. The van der Waals surface area contributed by atoms with Crippen molar-refractivity contribution in [1.82, 2.24) is 10.6 Å². The van der Waals surface area contributed by atoms with Crippen LogP contribution < -0.4 is 10.6 Å². The molecule has 2 amide bonds. The summed E-state index contributed by atoms with van der Waals surface area (Å²) in [5.41, 5.74) is 0. The molecule has 0 saturated carbocycles. The Bertz CT molecular complexity index is 283. The van der Waals surface area contributed by atoms with Gasteiger partial charge in [0.15, 0.2) is 0 Å². The van der Waals surface area contributed by atoms with Crippen LogP contribution in [0.5, 0.6) is 0 Å². The van der Waals surface area contributed by atoms with Crippen molar-refractivity contribution in [3.05, 3.63) is 0 Å². The van der Waals surface area contributed by atoms with Crippen molar-refractivity contribution >= 4 is 12.0 Å². The molecule has 0 saturated heterocycles. The van der Waals surface area contributed by atoms with E-state index in [1.54, 1.807) is 6.92 Å². The molecule has 0 aliphatic heterocycles. The number of carboxylic acids is 1. The van der Waals surface area contributed by atoms with E-state index in [0.717, 1.165) is 6.42 Å². The van der Waals surface area contributed by atoms with E-state index in [9.17, 15) is 9.59 Å². The number of hydrogen-bond acceptors (Lipinski definition) is 2. The van der Waals surface area contributed by atoms with Gasteiger partial charge in [-0.3, -0.25) is 4.79 Å². The van der Waals surface area contributed by atoms with E-state index < -0.39 is 17.9 Å². The third kappa shape index (κ3) is 5.91. The van der Waals surface area contributed by atoms with E-state index in [4.69, 9.17) is 11.5 Å². The van der Waals surface area contributed by atoms with Crippen LogP contribution in [0.3, 0.4) is 0 Å². The van der Waals surface area contributed by atoms with Gasteiger partial charge in [0.25, 0.3) is 0 Å². The molecule has 5 heteroatoms. The number of carbonyl (C=O) groups is 2. The lowest BCUT2D eigenvalue weighted by Crippen LogP contribution is -2.43. The average molecular weight is 226 g/mol. The van der Waals surface area contributed by atoms with Crippen molar-refractivity contribution in [2.45, 2.75) is 32.7 Å². The zero-order chi connectivity index (χ0) is 12.6. The van der Waals surface area contributed by atoms with Gasteiger partial charge in [-0.2, -0.15) is 0 Å². The van der Waals surface area contributed by atoms with Crippen LogP contribution in [0.4, 0.5) is 4.79 Å². The topological polar surface area (TPSA) is 78.4 Å². The zero-order valence-electron chi connectivity index (χ0n) is 9.62. The molecule has 0 aromatic rings. The second-order valence-electron chi connectivity index (χ2n) is 3.57. The Balaban J connectivity index is 3.97. The summed E-state index contributed by atoms with van der Waals surface area (Å²) >= 11 is 0. The molecule has 0 heterocycles. The maximum Gasteiger partial charge on any atom is 0.315 e. The van der Waals surface area contributed by atoms with Gasteiger partial charge in [-0.1, -0.05) is 19.3 Å². The Morgan fingerprint density at radius 1 is 1.50 bits per heavy atom. The smallest absolute Gasteiger partial charge is 0.315 e. The molecule has 0 aliphatic carbocycles. The first-order valence-corrected chi connectivity index (χ1v) is 5.24. The maximum atomic E-state index is 11.2. The molecule has 0 aliphatic rings. The van der Waals surface area contributed by atoms with Crippen molar-refractivity contribution in [3.8, 4) is 12.3 Å². The largest absolute Gasteiger partial charge is 0.481 e. The van der Waals surface area contributed by atoms with Crippen LogP contribution in [0.2, 0.25) is 0 Å². The highest BCUT2D eigenvalue weighted by atomic mass is 16.4. The number of amides is 2. The molecule has 0 bridgehead atoms. The van der Waals surface area contributed by atoms with Gasteiger partial charge in [0.1, 0.15) is 0 Å². The summed E-state index contributed by atoms with van der Waals surface area (Å²) in [6.07, 6.45) is 6.39. The molecule has 3 N–H and O–H groups in total. The first kappa shape index (κ1) is 14.3. The summed E-state index contributed by atoms with van der Waals surface area (Å²) in [5, 5.41) is 13.8. The van der Waals surface area contributed by atoms with Crippen molar-refractivity contribution < 1.29 is 14.7 Å². The Hall–Kier alpha value is -1.70. The molecule has 2 atom stereocenters. The molecular formula is C11H18N2O3. The second kappa shape index (κ2) is 7.57. The number of aliphatic carboxylic acids is 1. The molecule has 0 rings (SSSR count). The Labute approximate surface area is 95.6 Å². The van der Waals surface area contributed by atoms with Crippen molar-refractivity contribution in [3.63, 3.8) is 0 Å². The number of carbonyl (C=O) groups excluding carboxylic acids is 1. The minimum atomic E-state index is -0.896. The van der Waals surface area contributed by atoms with Crippen molar-refractivity contribution in [2.75, 3.05) is 6.54 Å². The molecule has 0 fully saturated rings. The molecule has 5 nitrogen and oxygen atoms in total. The van der Waals surface area contributed by atoms with Gasteiger partial charge in [0.05, 0.1) is 12.0 Å². The SMILES string of the molecule is C#CC(C)NC(=O)NCC(CCC)C(=O)O. The first-order valence-electron chi connectivity index (χ1n) is 5.24. The fourth-order valence-corrected chi connectivity index (χ4v) is 1.17. The highest BCUT2D eigenvalue weighted by Crippen LogP contribution is 2.04. The first-order chi connectivity index (χ1) is 7.51. The normalized spacial score (nSPS) is 13.3. The third-order valence-electron chi connectivity index (χ3n) is 2.09. The van der Waals surface area contributed by atoms with E-state index >= 15 is 0 Å². The number of nitrogens with one attached hydrogen (secondary N) is 2. The molecule has 0 aromatic carbocycles. The van der Waals surface area contributed by atoms with Crippen molar-refractivity contribution in [2.24, 2.45) is 5.92 Å². The number of terminal acetylenes is 1. The Morgan fingerprint density at radius 2 is 2.12 bits per heavy atom. The van der Waals surface area contributed by atoms with Gasteiger partial charge >= 0.3 is 12.0 Å². The van der Waals surface area contributed by atoms with E-state index in [1.807, 2.05) is 6.92 Å². The molecular weight excluding hydrogens is 208 g/mol. The van der Waals surface area contributed by atoms with E-state index in [1.165, 1.54) is 0 Å². The standard InChI is InChI=1S/C11H18N2O3/c1-4-6-9(10(14)15)7-12-11(16)13-8(3)5-2/h2,8-9H,4,6-7H2,1,3H3,(H,14,15)(H2,12,13,16). The summed E-state index contributed by atoms with van der Waals surface area (Å²) in [6, 6.07) is -0.803. The zero-order valence-corrected chi connectivity index (χ0v) is 9.62. The number of hydrogen-bond donors (Lipinski definition) is 3. The van der Waals surface area contributed by atoms with Gasteiger partial charge in [-0.15, -0.1) is 6.42 Å². The lowest BCUT2D eigenvalue weighted by Gasteiger charge is -2.13. The Kier molecular flexibility index (Phi) is 6.77. The van der Waals surface area contributed by atoms with E-state index in [-0.39, 0.29) is 12.6 Å². The van der Waals surface area contributed by atoms with Gasteiger partial charge in [-0.05, 0) is 13.3 Å². The molecule has 0 radical (unpaired) electrons. The third-order valence-corrected chi connectivity index (χ3v) is 2.09. The van der Waals surface area contributed by atoms with E-state index in [2.05, 4.69) is 16.6 Å². The monoisotopic (exact) mass is 226 g/mol. The fraction of sp³-hybridized carbons (Fsp3) is 0.636. The van der Waals surface area contributed by atoms with Crippen LogP contribution in [0.25, 0.3) is 0 Å². The summed E-state index contributed by atoms with van der Waals surface area (Å²) in [7, 11) is 0. The fourth-order valence-electron chi connectivity index (χ4n) is 1.17. The highest BCUT2D eigenvalue weighted by molar-refractivity contribution is 5.76.